The lowest BCUT2D eigenvalue weighted by molar-refractivity contribution is -0.137. The fraction of sp³-hybridized carbons (Fsp3) is 0.385. The first-order valence-electron chi connectivity index (χ1n) is 6.20. The third-order valence-electron chi connectivity index (χ3n) is 2.72. The first kappa shape index (κ1) is 17.9. The Balaban J connectivity index is 2.47. The highest BCUT2D eigenvalue weighted by Gasteiger charge is 2.11. The van der Waals surface area contributed by atoms with Crippen LogP contribution in [0.4, 0.5) is 10.5 Å². The number of rotatable bonds is 6. The lowest BCUT2D eigenvalue weighted by Gasteiger charge is -2.13. The average molecular weight is 354 g/mol. The third-order valence-corrected chi connectivity index (χ3v) is 3.76. The number of nitrogens with one attached hydrogen (secondary N) is 2. The van der Waals surface area contributed by atoms with Gasteiger partial charge in [0.25, 0.3) is 0 Å². The summed E-state index contributed by atoms with van der Waals surface area (Å²) in [5.41, 5.74) is 0.349. The van der Waals surface area contributed by atoms with E-state index in [9.17, 15) is 9.59 Å². The maximum atomic E-state index is 11.7. The second-order valence-electron chi connectivity index (χ2n) is 4.62. The van der Waals surface area contributed by atoms with Gasteiger partial charge in [-0.1, -0.05) is 41.7 Å². The SMILES string of the molecule is CC(CCC(=O)O)CNC(=O)Nc1cc(Cl)c(Cl)cc1Cl. The van der Waals surface area contributed by atoms with Crippen molar-refractivity contribution in [1.82, 2.24) is 5.32 Å². The lowest BCUT2D eigenvalue weighted by atomic mass is 10.1. The van der Waals surface area contributed by atoms with Gasteiger partial charge in [0.05, 0.1) is 20.8 Å². The Kier molecular flexibility index (Phi) is 7.08. The van der Waals surface area contributed by atoms with E-state index in [1.165, 1.54) is 12.1 Å². The summed E-state index contributed by atoms with van der Waals surface area (Å²) in [6.45, 7) is 2.22. The molecular weight excluding hydrogens is 339 g/mol. The molecule has 0 spiro atoms. The van der Waals surface area contributed by atoms with Gasteiger partial charge in [0.2, 0.25) is 0 Å². The van der Waals surface area contributed by atoms with Crippen molar-refractivity contribution in [3.63, 3.8) is 0 Å². The molecule has 2 amide bonds. The van der Waals surface area contributed by atoms with Crippen LogP contribution >= 0.6 is 34.8 Å². The number of urea groups is 1. The van der Waals surface area contributed by atoms with Gasteiger partial charge in [-0.25, -0.2) is 4.79 Å². The van der Waals surface area contributed by atoms with Crippen molar-refractivity contribution in [3.8, 4) is 0 Å². The molecule has 5 nitrogen and oxygen atoms in total. The van der Waals surface area contributed by atoms with E-state index in [2.05, 4.69) is 10.6 Å². The predicted octanol–water partition coefficient (Wildman–Crippen LogP) is 4.27. The van der Waals surface area contributed by atoms with E-state index in [1.807, 2.05) is 6.92 Å². The van der Waals surface area contributed by atoms with Crippen molar-refractivity contribution in [2.75, 3.05) is 11.9 Å². The van der Waals surface area contributed by atoms with Crippen molar-refractivity contribution in [3.05, 3.63) is 27.2 Å². The zero-order valence-electron chi connectivity index (χ0n) is 11.3. The van der Waals surface area contributed by atoms with Gasteiger partial charge < -0.3 is 15.7 Å². The number of halogens is 3. The first-order valence-corrected chi connectivity index (χ1v) is 7.34. The van der Waals surface area contributed by atoms with Crippen molar-refractivity contribution >= 4 is 52.5 Å². The van der Waals surface area contributed by atoms with Gasteiger partial charge in [0.15, 0.2) is 0 Å². The number of carbonyl (C=O) groups excluding carboxylic acids is 1. The van der Waals surface area contributed by atoms with E-state index in [0.29, 0.717) is 23.7 Å². The standard InChI is InChI=1S/C13H15Cl3N2O3/c1-7(2-3-12(19)20)6-17-13(21)18-11-5-9(15)8(14)4-10(11)16/h4-5,7H,2-3,6H2,1H3,(H,19,20)(H2,17,18,21). The van der Waals surface area contributed by atoms with Gasteiger partial charge in [-0.15, -0.1) is 0 Å². The summed E-state index contributed by atoms with van der Waals surface area (Å²) in [6.07, 6.45) is 0.562. The summed E-state index contributed by atoms with van der Waals surface area (Å²) in [5, 5.41) is 14.6. The Bertz CT molecular complexity index is 538. The molecule has 1 atom stereocenters. The molecule has 0 fully saturated rings. The largest absolute Gasteiger partial charge is 0.481 e. The monoisotopic (exact) mass is 352 g/mol. The second kappa shape index (κ2) is 8.32. The van der Waals surface area contributed by atoms with Crippen molar-refractivity contribution < 1.29 is 14.7 Å². The van der Waals surface area contributed by atoms with E-state index < -0.39 is 12.0 Å². The van der Waals surface area contributed by atoms with Crippen LogP contribution in [0.3, 0.4) is 0 Å². The quantitative estimate of drug-likeness (QED) is 0.668. The fourth-order valence-corrected chi connectivity index (χ4v) is 2.12. The van der Waals surface area contributed by atoms with E-state index in [0.717, 1.165) is 0 Å². The highest BCUT2D eigenvalue weighted by atomic mass is 35.5. The summed E-state index contributed by atoms with van der Waals surface area (Å²) in [6, 6.07) is 2.45. The molecule has 3 N–H and O–H groups in total. The maximum absolute atomic E-state index is 11.7. The van der Waals surface area contributed by atoms with Crippen molar-refractivity contribution in [1.29, 1.82) is 0 Å². The minimum Gasteiger partial charge on any atom is -0.481 e. The lowest BCUT2D eigenvalue weighted by Crippen LogP contribution is -2.32. The molecule has 21 heavy (non-hydrogen) atoms. The molecule has 1 unspecified atom stereocenters. The zero-order chi connectivity index (χ0) is 16.0. The average Bonchev–Trinajstić information content (AvgIpc) is 2.40. The predicted molar refractivity (Wildman–Crippen MR) is 84.5 cm³/mol. The van der Waals surface area contributed by atoms with Crippen molar-refractivity contribution in [2.45, 2.75) is 19.8 Å². The molecular formula is C13H15Cl3N2O3. The van der Waals surface area contributed by atoms with Crippen LogP contribution in [0, 0.1) is 5.92 Å². The molecule has 1 aromatic rings. The molecule has 0 radical (unpaired) electrons. The number of carboxylic acid groups (broad SMARTS) is 1. The van der Waals surface area contributed by atoms with E-state index >= 15 is 0 Å². The molecule has 0 aliphatic heterocycles. The summed E-state index contributed by atoms with van der Waals surface area (Å²) in [4.78, 5) is 22.2. The summed E-state index contributed by atoms with van der Waals surface area (Å²) >= 11 is 17.6. The Labute approximate surface area is 137 Å². The molecule has 116 valence electrons. The van der Waals surface area contributed by atoms with Gasteiger partial charge in [-0.05, 0) is 24.5 Å². The number of benzene rings is 1. The number of carboxylic acids is 1. The Morgan fingerprint density at radius 3 is 2.43 bits per heavy atom. The Hall–Kier alpha value is -1.17. The fourth-order valence-electron chi connectivity index (χ4n) is 1.52. The normalized spacial score (nSPS) is 11.8. The van der Waals surface area contributed by atoms with Crippen molar-refractivity contribution in [2.24, 2.45) is 5.92 Å². The highest BCUT2D eigenvalue weighted by Crippen LogP contribution is 2.32. The van der Waals surface area contributed by atoms with Crippen LogP contribution < -0.4 is 10.6 Å². The number of hydrogen-bond acceptors (Lipinski definition) is 2. The van der Waals surface area contributed by atoms with Gasteiger partial charge in [0.1, 0.15) is 0 Å². The molecule has 0 saturated heterocycles. The molecule has 0 aliphatic carbocycles. The first-order chi connectivity index (χ1) is 9.79. The molecule has 0 saturated carbocycles. The van der Waals surface area contributed by atoms with Crippen LogP contribution in [-0.2, 0) is 4.79 Å². The topological polar surface area (TPSA) is 78.4 Å². The number of hydrogen-bond donors (Lipinski definition) is 3. The minimum absolute atomic E-state index is 0.0520. The number of anilines is 1. The second-order valence-corrected chi connectivity index (χ2v) is 5.84. The van der Waals surface area contributed by atoms with Crippen LogP contribution in [0.1, 0.15) is 19.8 Å². The molecule has 8 heteroatoms. The van der Waals surface area contributed by atoms with Gasteiger partial charge in [0, 0.05) is 13.0 Å². The van der Waals surface area contributed by atoms with Gasteiger partial charge >= 0.3 is 12.0 Å². The van der Waals surface area contributed by atoms with Crippen LogP contribution in [-0.4, -0.2) is 23.7 Å². The molecule has 0 aromatic heterocycles. The summed E-state index contributed by atoms with van der Waals surface area (Å²) in [7, 11) is 0. The molecule has 0 heterocycles. The molecule has 0 bridgehead atoms. The molecule has 0 aliphatic rings. The number of aliphatic carboxylic acids is 1. The highest BCUT2D eigenvalue weighted by molar-refractivity contribution is 6.44. The third kappa shape index (κ3) is 6.42. The number of carbonyl (C=O) groups is 2. The van der Waals surface area contributed by atoms with Crippen LogP contribution in [0.2, 0.25) is 15.1 Å². The minimum atomic E-state index is -0.853. The van der Waals surface area contributed by atoms with E-state index in [1.54, 1.807) is 0 Å². The Morgan fingerprint density at radius 1 is 1.19 bits per heavy atom. The van der Waals surface area contributed by atoms with E-state index in [-0.39, 0.29) is 22.4 Å². The van der Waals surface area contributed by atoms with Crippen LogP contribution in [0.15, 0.2) is 12.1 Å². The van der Waals surface area contributed by atoms with Crippen LogP contribution in [0.25, 0.3) is 0 Å². The number of amides is 2. The summed E-state index contributed by atoms with van der Waals surface area (Å²) in [5.74, 6) is -0.801. The van der Waals surface area contributed by atoms with E-state index in [4.69, 9.17) is 39.9 Å². The molecule has 1 aromatic carbocycles. The summed E-state index contributed by atoms with van der Waals surface area (Å²) < 4.78 is 0. The molecule has 1 rings (SSSR count). The Morgan fingerprint density at radius 2 is 1.81 bits per heavy atom. The smallest absolute Gasteiger partial charge is 0.319 e. The van der Waals surface area contributed by atoms with Gasteiger partial charge in [-0.3, -0.25) is 4.79 Å². The van der Waals surface area contributed by atoms with Gasteiger partial charge in [-0.2, -0.15) is 0 Å². The van der Waals surface area contributed by atoms with Crippen LogP contribution in [0.5, 0.6) is 0 Å². The zero-order valence-corrected chi connectivity index (χ0v) is 13.5. The maximum Gasteiger partial charge on any atom is 0.319 e.